The lowest BCUT2D eigenvalue weighted by molar-refractivity contribution is -0.00132. The zero-order valence-corrected chi connectivity index (χ0v) is 8.57. The van der Waals surface area contributed by atoms with Crippen molar-refractivity contribution in [3.63, 3.8) is 0 Å². The van der Waals surface area contributed by atoms with Crippen molar-refractivity contribution >= 4 is 7.82 Å². The molecule has 0 amide bonds. The van der Waals surface area contributed by atoms with Crippen molar-refractivity contribution in [2.45, 2.75) is 27.9 Å². The van der Waals surface area contributed by atoms with E-state index in [2.05, 4.69) is 4.52 Å². The minimum Gasteiger partial charge on any atom is -0.382 e. The van der Waals surface area contributed by atoms with Crippen molar-refractivity contribution in [3.8, 4) is 0 Å². The van der Waals surface area contributed by atoms with Crippen LogP contribution in [0.3, 0.4) is 0 Å². The normalized spacial score (nSPS) is 12.5. The third-order valence-electron chi connectivity index (χ3n) is 1.17. The second kappa shape index (κ2) is 10.5. The van der Waals surface area contributed by atoms with Crippen molar-refractivity contribution < 1.29 is 28.3 Å². The molecule has 0 aromatic carbocycles. The molecule has 96 valence electrons. The molecule has 0 spiro atoms. The van der Waals surface area contributed by atoms with Crippen LogP contribution < -0.4 is 0 Å². The maximum absolute atomic E-state index is 10.3. The van der Waals surface area contributed by atoms with E-state index >= 15 is 0 Å². The maximum atomic E-state index is 10.3. The lowest BCUT2D eigenvalue weighted by Crippen LogP contribution is -2.17. The van der Waals surface area contributed by atoms with Crippen molar-refractivity contribution in [3.05, 3.63) is 0 Å². The first kappa shape index (κ1) is 20.4. The average Bonchev–Trinajstić information content (AvgIpc) is 2.00. The number of methoxy groups -OCH3 is 1. The molecule has 2 N–H and O–H groups in total. The van der Waals surface area contributed by atoms with Gasteiger partial charge in [0.25, 0.3) is 0 Å². The summed E-state index contributed by atoms with van der Waals surface area (Å²) >= 11 is 0. The van der Waals surface area contributed by atoms with Gasteiger partial charge in [0.1, 0.15) is 0 Å². The lowest BCUT2D eigenvalue weighted by atomic mass is 10.4. The zero-order chi connectivity index (χ0) is 10.3. The first-order valence-electron chi connectivity index (χ1n) is 3.76. The van der Waals surface area contributed by atoms with E-state index in [1.165, 1.54) is 0 Å². The van der Waals surface area contributed by atoms with E-state index < -0.39 is 7.82 Å². The molecule has 0 bridgehead atoms. The summed E-state index contributed by atoms with van der Waals surface area (Å²) in [4.78, 5) is 16.7. The summed E-state index contributed by atoms with van der Waals surface area (Å²) in [5.74, 6) is 0. The summed E-state index contributed by atoms with van der Waals surface area (Å²) in [5.41, 5.74) is 0. The Morgan fingerprint density at radius 3 is 2.20 bits per heavy atom. The Balaban J connectivity index is -0.000000720. The van der Waals surface area contributed by atoms with Crippen LogP contribution in [0.1, 0.15) is 21.8 Å². The molecule has 0 aliphatic heterocycles. The molecule has 0 aromatic heterocycles. The van der Waals surface area contributed by atoms with Crippen molar-refractivity contribution in [2.75, 3.05) is 26.9 Å². The van der Waals surface area contributed by atoms with Gasteiger partial charge in [0.15, 0.2) is 0 Å². The fraction of sp³-hybridized carbons (Fsp3) is 1.00. The largest absolute Gasteiger partial charge is 0.469 e. The van der Waals surface area contributed by atoms with Gasteiger partial charge in [0.05, 0.1) is 25.9 Å². The van der Waals surface area contributed by atoms with Gasteiger partial charge in [-0.05, 0) is 6.92 Å². The Labute approximate surface area is 91.8 Å². The van der Waals surface area contributed by atoms with Crippen LogP contribution in [0.15, 0.2) is 0 Å². The van der Waals surface area contributed by atoms with Crippen molar-refractivity contribution in [1.82, 2.24) is 0 Å². The van der Waals surface area contributed by atoms with Gasteiger partial charge in [0.2, 0.25) is 0 Å². The van der Waals surface area contributed by atoms with E-state index in [4.69, 9.17) is 19.3 Å². The average molecular weight is 246 g/mol. The quantitative estimate of drug-likeness (QED) is 0.522. The van der Waals surface area contributed by atoms with Gasteiger partial charge in [-0.3, -0.25) is 4.52 Å². The van der Waals surface area contributed by atoms with Crippen LogP contribution in [0.4, 0.5) is 0 Å². The van der Waals surface area contributed by atoms with Crippen LogP contribution in [-0.4, -0.2) is 42.8 Å². The second-order valence-electron chi connectivity index (χ2n) is 2.46. The summed E-state index contributed by atoms with van der Waals surface area (Å²) in [7, 11) is -2.83. The van der Waals surface area contributed by atoms with Crippen LogP contribution in [0, 0.1) is 0 Å². The molecule has 0 aromatic rings. The van der Waals surface area contributed by atoms with Crippen LogP contribution in [0.2, 0.25) is 0 Å². The highest BCUT2D eigenvalue weighted by Gasteiger charge is 2.15. The van der Waals surface area contributed by atoms with E-state index in [-0.39, 0.29) is 27.6 Å². The molecule has 0 radical (unpaired) electrons. The smallest absolute Gasteiger partial charge is 0.382 e. The molecular weight excluding hydrogens is 223 g/mol. The molecule has 0 saturated carbocycles. The number of ether oxygens (including phenoxy) is 2. The van der Waals surface area contributed by atoms with Crippen LogP contribution in [0.5, 0.6) is 0 Å². The van der Waals surface area contributed by atoms with E-state index in [9.17, 15) is 4.57 Å². The molecular formula is C8H23O6P. The van der Waals surface area contributed by atoms with E-state index in [0.717, 1.165) is 0 Å². The van der Waals surface area contributed by atoms with Crippen LogP contribution >= 0.6 is 7.82 Å². The summed E-state index contributed by atoms with van der Waals surface area (Å²) in [6.07, 6.45) is -0.359. The summed E-state index contributed by atoms with van der Waals surface area (Å²) in [6.45, 7) is 2.35. The SMILES string of the molecule is C.C.COCCOC(C)COP(=O)(O)O. The fourth-order valence-electron chi connectivity index (χ4n) is 0.583. The van der Waals surface area contributed by atoms with E-state index in [1.807, 2.05) is 0 Å². The predicted octanol–water partition coefficient (Wildman–Crippen LogP) is 1.42. The van der Waals surface area contributed by atoms with Crippen LogP contribution in [-0.2, 0) is 18.6 Å². The molecule has 1 atom stereocenters. The highest BCUT2D eigenvalue weighted by molar-refractivity contribution is 7.46. The summed E-state index contributed by atoms with van der Waals surface area (Å²) in [6, 6.07) is 0. The molecule has 0 fully saturated rings. The number of phosphoric ester groups is 1. The summed E-state index contributed by atoms with van der Waals surface area (Å²) < 4.78 is 24.3. The standard InChI is InChI=1S/C6H15O6P.2CH4/c1-6(11-4-3-10-2)5-12-13(7,8)9;;/h6H,3-5H2,1-2H3,(H2,7,8,9);2*1H4. The van der Waals surface area contributed by atoms with Gasteiger partial charge in [0, 0.05) is 7.11 Å². The molecule has 7 heteroatoms. The Hall–Kier alpha value is 0.0300. The maximum Gasteiger partial charge on any atom is 0.469 e. The Bertz CT molecular complexity index is 169. The van der Waals surface area contributed by atoms with Gasteiger partial charge >= 0.3 is 7.82 Å². The first-order chi connectivity index (χ1) is 5.95. The molecule has 6 nitrogen and oxygen atoms in total. The van der Waals surface area contributed by atoms with Crippen molar-refractivity contribution in [1.29, 1.82) is 0 Å². The van der Waals surface area contributed by atoms with Gasteiger partial charge < -0.3 is 19.3 Å². The van der Waals surface area contributed by atoms with Gasteiger partial charge in [-0.15, -0.1) is 0 Å². The van der Waals surface area contributed by atoms with Gasteiger partial charge in [-0.25, -0.2) is 4.57 Å². The number of hydrogen-bond donors (Lipinski definition) is 2. The Morgan fingerprint density at radius 2 is 1.80 bits per heavy atom. The Kier molecular flexibility index (Phi) is 14.4. The zero-order valence-electron chi connectivity index (χ0n) is 7.67. The number of rotatable bonds is 7. The first-order valence-corrected chi connectivity index (χ1v) is 5.29. The van der Waals surface area contributed by atoms with Crippen molar-refractivity contribution in [2.24, 2.45) is 0 Å². The molecule has 0 aliphatic rings. The number of hydrogen-bond acceptors (Lipinski definition) is 4. The van der Waals surface area contributed by atoms with Crippen LogP contribution in [0.25, 0.3) is 0 Å². The summed E-state index contributed by atoms with van der Waals surface area (Å²) in [5, 5.41) is 0. The molecule has 1 unspecified atom stereocenters. The van der Waals surface area contributed by atoms with Gasteiger partial charge in [-0.1, -0.05) is 14.9 Å². The second-order valence-corrected chi connectivity index (χ2v) is 3.70. The molecule has 15 heavy (non-hydrogen) atoms. The topological polar surface area (TPSA) is 85.2 Å². The minimum atomic E-state index is -4.37. The minimum absolute atomic E-state index is 0. The Morgan fingerprint density at radius 1 is 1.27 bits per heavy atom. The number of phosphoric acid groups is 1. The monoisotopic (exact) mass is 246 g/mol. The third-order valence-corrected chi connectivity index (χ3v) is 1.65. The molecule has 0 aliphatic carbocycles. The molecule has 0 heterocycles. The third kappa shape index (κ3) is 16.7. The molecule has 0 rings (SSSR count). The highest BCUT2D eigenvalue weighted by atomic mass is 31.2. The predicted molar refractivity (Wildman–Crippen MR) is 58.7 cm³/mol. The van der Waals surface area contributed by atoms with Gasteiger partial charge in [-0.2, -0.15) is 0 Å². The van der Waals surface area contributed by atoms with E-state index in [0.29, 0.717) is 13.2 Å². The molecule has 0 saturated heterocycles. The van der Waals surface area contributed by atoms with E-state index in [1.54, 1.807) is 14.0 Å². The fourth-order valence-corrected chi connectivity index (χ4v) is 0.987. The lowest BCUT2D eigenvalue weighted by Gasteiger charge is -2.13. The highest BCUT2D eigenvalue weighted by Crippen LogP contribution is 2.35.